The van der Waals surface area contributed by atoms with Gasteiger partial charge in [-0.15, -0.1) is 0 Å². The van der Waals surface area contributed by atoms with Gasteiger partial charge in [-0.05, 0) is 0 Å². The van der Waals surface area contributed by atoms with Crippen LogP contribution in [0.1, 0.15) is 0 Å². The molecule has 0 unspecified atom stereocenters. The van der Waals surface area contributed by atoms with Crippen molar-refractivity contribution in [1.29, 1.82) is 0 Å². The Morgan fingerprint density at radius 3 is 0.714 bits per heavy atom. The molecule has 0 aliphatic heterocycles. The van der Waals surface area contributed by atoms with Gasteiger partial charge in [0.1, 0.15) is 0 Å². The van der Waals surface area contributed by atoms with Gasteiger partial charge in [0.2, 0.25) is 0 Å². The molecule has 0 radical (unpaired) electrons. The Morgan fingerprint density at radius 1 is 0.714 bits per heavy atom. The zero-order valence-corrected chi connectivity index (χ0v) is 6.38. The summed E-state index contributed by atoms with van der Waals surface area (Å²) in [6.45, 7) is 0. The van der Waals surface area contributed by atoms with Crippen LogP contribution in [0.3, 0.4) is 0 Å². The molecular formula is H2O5Se2. The molecule has 0 atom stereocenters. The second kappa shape index (κ2) is 34.7. The van der Waals surface area contributed by atoms with E-state index in [1.165, 1.54) is 0 Å². The van der Waals surface area contributed by atoms with E-state index in [1.54, 1.807) is 0 Å². The molecule has 2 N–H and O–H groups in total. The van der Waals surface area contributed by atoms with Gasteiger partial charge in [-0.25, -0.2) is 0 Å². The average Bonchev–Trinajstić information content (AvgIpc) is 1.39. The Hall–Kier alpha value is 0.199. The van der Waals surface area contributed by atoms with Crippen LogP contribution in [0.2, 0.25) is 0 Å². The molecule has 0 spiro atoms. The molecule has 0 aliphatic rings. The van der Waals surface area contributed by atoms with Crippen LogP contribution in [0.5, 0.6) is 0 Å². The summed E-state index contributed by atoms with van der Waals surface area (Å²) in [7, 11) is 0. The standard InChI is InChI=1S/2O2Se.H2O/c2*1-3-2;/h;;1H2. The summed E-state index contributed by atoms with van der Waals surface area (Å²) in [5.41, 5.74) is 0. The second-order valence-electron chi connectivity index (χ2n) is 0.136. The van der Waals surface area contributed by atoms with Crippen molar-refractivity contribution in [2.75, 3.05) is 0 Å². The van der Waals surface area contributed by atoms with Gasteiger partial charge in [0.25, 0.3) is 0 Å². The molecule has 0 aromatic heterocycles. The third-order valence-corrected chi connectivity index (χ3v) is 0. The summed E-state index contributed by atoms with van der Waals surface area (Å²) in [4.78, 5) is 0. The van der Waals surface area contributed by atoms with Crippen molar-refractivity contribution in [3.8, 4) is 0 Å². The quantitative estimate of drug-likeness (QED) is 0.454. The molecule has 7 heteroatoms. The van der Waals surface area contributed by atoms with Gasteiger partial charge in [-0.2, -0.15) is 0 Å². The van der Waals surface area contributed by atoms with Gasteiger partial charge < -0.3 is 5.48 Å². The predicted octanol–water partition coefficient (Wildman–Crippen LogP) is -2.06. The molecule has 0 aliphatic carbocycles. The molecule has 0 heterocycles. The van der Waals surface area contributed by atoms with E-state index in [-0.39, 0.29) is 5.48 Å². The monoisotopic (exact) mass is 242 g/mol. The van der Waals surface area contributed by atoms with Crippen LogP contribution >= 0.6 is 0 Å². The zero-order chi connectivity index (χ0) is 5.41. The fourth-order valence-electron chi connectivity index (χ4n) is 0. The van der Waals surface area contributed by atoms with E-state index >= 15 is 0 Å². The first-order valence-corrected chi connectivity index (χ1v) is 3.46. The van der Waals surface area contributed by atoms with Gasteiger partial charge in [0.15, 0.2) is 0 Å². The second-order valence-corrected chi connectivity index (χ2v) is 0.707. The first kappa shape index (κ1) is 15.7. The third-order valence-electron chi connectivity index (χ3n) is 0. The van der Waals surface area contributed by atoms with Crippen molar-refractivity contribution in [1.82, 2.24) is 0 Å². The molecule has 0 fully saturated rings. The molecule has 0 aromatic rings. The van der Waals surface area contributed by atoms with E-state index in [0.29, 0.717) is 0 Å². The fourth-order valence-corrected chi connectivity index (χ4v) is 0. The number of hydrogen-bond donors (Lipinski definition) is 0. The third kappa shape index (κ3) is 2760. The fraction of sp³-hybridized carbons (Fsp3) is 0. The van der Waals surface area contributed by atoms with Crippen LogP contribution < -0.4 is 0 Å². The maximum atomic E-state index is 8.44. The van der Waals surface area contributed by atoms with Gasteiger partial charge in [0, 0.05) is 0 Å². The van der Waals surface area contributed by atoms with Crippen LogP contribution in [0.25, 0.3) is 0 Å². The molecule has 0 saturated carbocycles. The van der Waals surface area contributed by atoms with Crippen LogP contribution in [0.4, 0.5) is 0 Å². The Bertz CT molecular complexity index is 60.1. The van der Waals surface area contributed by atoms with Gasteiger partial charge in [-0.1, -0.05) is 0 Å². The SMILES string of the molecule is O.O=[Se]=O.O=[Se]=O. The predicted molar refractivity (Wildman–Crippen MR) is 17.9 cm³/mol. The normalized spacial score (nSPS) is 3.43. The van der Waals surface area contributed by atoms with Gasteiger partial charge >= 0.3 is 45.0 Å². The Labute approximate surface area is 50.9 Å². The minimum absolute atomic E-state index is 0. The van der Waals surface area contributed by atoms with Crippen molar-refractivity contribution >= 4 is 29.6 Å². The average molecular weight is 240 g/mol. The van der Waals surface area contributed by atoms with Gasteiger partial charge in [-0.3, -0.25) is 0 Å². The molecule has 0 saturated heterocycles. The topological polar surface area (TPSA) is 99.8 Å². The minimum atomic E-state index is -1.62. The Kier molecular flexibility index (Phi) is 77.7. The van der Waals surface area contributed by atoms with Crippen molar-refractivity contribution in [2.24, 2.45) is 0 Å². The first-order chi connectivity index (χ1) is 2.83. The van der Waals surface area contributed by atoms with Crippen LogP contribution in [-0.4, -0.2) is 35.1 Å². The Balaban J connectivity index is -0.0000000400. The maximum absolute atomic E-state index is 8.44. The molecule has 0 bridgehead atoms. The summed E-state index contributed by atoms with van der Waals surface area (Å²) < 4.78 is 33.8. The summed E-state index contributed by atoms with van der Waals surface area (Å²) in [5, 5.41) is 0. The van der Waals surface area contributed by atoms with Crippen molar-refractivity contribution < 1.29 is 20.8 Å². The molecule has 5 nitrogen and oxygen atoms in total. The van der Waals surface area contributed by atoms with E-state index in [2.05, 4.69) is 0 Å². The molecule has 0 rings (SSSR count). The Morgan fingerprint density at radius 2 is 0.714 bits per heavy atom. The molecular weight excluding hydrogens is 238 g/mol. The zero-order valence-electron chi connectivity index (χ0n) is 2.95. The first-order valence-electron chi connectivity index (χ1n) is 0.667. The van der Waals surface area contributed by atoms with Crippen LogP contribution in [0.15, 0.2) is 0 Å². The van der Waals surface area contributed by atoms with E-state index in [0.717, 1.165) is 0 Å². The summed E-state index contributed by atoms with van der Waals surface area (Å²) in [5.74, 6) is 0. The van der Waals surface area contributed by atoms with Crippen LogP contribution in [0, 0.1) is 0 Å². The van der Waals surface area contributed by atoms with E-state index in [4.69, 9.17) is 15.3 Å². The van der Waals surface area contributed by atoms with Crippen molar-refractivity contribution in [3.05, 3.63) is 0 Å². The summed E-state index contributed by atoms with van der Waals surface area (Å²) >= 11 is -3.25. The molecule has 0 amide bonds. The van der Waals surface area contributed by atoms with Gasteiger partial charge in [0.05, 0.1) is 0 Å². The summed E-state index contributed by atoms with van der Waals surface area (Å²) in [6.07, 6.45) is 0. The van der Waals surface area contributed by atoms with E-state index in [1.807, 2.05) is 0 Å². The van der Waals surface area contributed by atoms with Crippen molar-refractivity contribution in [2.45, 2.75) is 0 Å². The van der Waals surface area contributed by atoms with Crippen LogP contribution in [-0.2, 0) is 15.3 Å². The molecule has 7 heavy (non-hydrogen) atoms. The summed E-state index contributed by atoms with van der Waals surface area (Å²) in [6, 6.07) is 0. The number of rotatable bonds is 0. The van der Waals surface area contributed by atoms with E-state index < -0.39 is 29.6 Å². The molecule has 44 valence electrons. The molecule has 0 aromatic carbocycles. The van der Waals surface area contributed by atoms with E-state index in [9.17, 15) is 0 Å². The number of hydrogen-bond acceptors (Lipinski definition) is 4. The van der Waals surface area contributed by atoms with Crippen molar-refractivity contribution in [3.63, 3.8) is 0 Å².